The lowest BCUT2D eigenvalue weighted by molar-refractivity contribution is -0.137. The van der Waals surface area contributed by atoms with Crippen LogP contribution in [0.15, 0.2) is 6.20 Å². The number of nitrogens with zero attached hydrogens (tertiary/aromatic N) is 5. The minimum absolute atomic E-state index is 0.0462. The predicted octanol–water partition coefficient (Wildman–Crippen LogP) is -0.935. The van der Waals surface area contributed by atoms with Crippen LogP contribution in [0.3, 0.4) is 0 Å². The summed E-state index contributed by atoms with van der Waals surface area (Å²) in [7, 11) is 0. The normalized spacial score (nSPS) is 19.9. The molecule has 0 bridgehead atoms. The van der Waals surface area contributed by atoms with Crippen molar-refractivity contribution in [1.82, 2.24) is 24.8 Å². The van der Waals surface area contributed by atoms with Gasteiger partial charge >= 0.3 is 5.97 Å². The summed E-state index contributed by atoms with van der Waals surface area (Å²) < 4.78 is 1.56. The Bertz CT molecular complexity index is 504. The van der Waals surface area contributed by atoms with Gasteiger partial charge in [-0.1, -0.05) is 5.21 Å². The fourth-order valence-electron chi connectivity index (χ4n) is 2.25. The molecule has 2 saturated heterocycles. The number of carboxylic acids is 1. The fraction of sp³-hybridized carbons (Fsp3) is 0.636. The summed E-state index contributed by atoms with van der Waals surface area (Å²) in [5.41, 5.74) is -0.0462. The Morgan fingerprint density at radius 1 is 1.37 bits per heavy atom. The Balaban J connectivity index is 1.48. The number of hydrogen-bond acceptors (Lipinski definition) is 5. The van der Waals surface area contributed by atoms with Crippen LogP contribution in [0.1, 0.15) is 23.0 Å². The molecule has 3 heterocycles. The third-order valence-electron chi connectivity index (χ3n) is 3.61. The zero-order chi connectivity index (χ0) is 13.4. The topological polar surface area (TPSA) is 91.6 Å². The largest absolute Gasteiger partial charge is 0.476 e. The molecule has 1 amide bonds. The Labute approximate surface area is 109 Å². The summed E-state index contributed by atoms with van der Waals surface area (Å²) >= 11 is 0. The minimum Gasteiger partial charge on any atom is -0.476 e. The summed E-state index contributed by atoms with van der Waals surface area (Å²) in [5, 5.41) is 16.1. The molecule has 2 aliphatic heterocycles. The first kappa shape index (κ1) is 12.1. The van der Waals surface area contributed by atoms with Crippen LogP contribution in [0.2, 0.25) is 0 Å². The molecule has 3 rings (SSSR count). The third kappa shape index (κ3) is 2.30. The van der Waals surface area contributed by atoms with Gasteiger partial charge < -0.3 is 10.0 Å². The van der Waals surface area contributed by atoms with E-state index in [0.717, 1.165) is 19.5 Å². The molecule has 2 aliphatic rings. The number of likely N-dealkylation sites (tertiary alicyclic amines) is 2. The van der Waals surface area contributed by atoms with Crippen molar-refractivity contribution >= 4 is 11.9 Å². The molecule has 0 radical (unpaired) electrons. The second-order valence-corrected chi connectivity index (χ2v) is 4.97. The van der Waals surface area contributed by atoms with Crippen LogP contribution in [0, 0.1) is 0 Å². The highest BCUT2D eigenvalue weighted by Gasteiger charge is 2.32. The number of rotatable bonds is 4. The van der Waals surface area contributed by atoms with E-state index in [-0.39, 0.29) is 17.6 Å². The van der Waals surface area contributed by atoms with Crippen LogP contribution in [0.5, 0.6) is 0 Å². The van der Waals surface area contributed by atoms with Crippen molar-refractivity contribution in [2.24, 2.45) is 0 Å². The molecule has 0 aromatic carbocycles. The molecule has 0 saturated carbocycles. The van der Waals surface area contributed by atoms with E-state index in [1.54, 1.807) is 4.68 Å². The number of amides is 1. The van der Waals surface area contributed by atoms with Gasteiger partial charge in [-0.05, 0) is 6.42 Å². The molecular weight excluding hydrogens is 250 g/mol. The quantitative estimate of drug-likeness (QED) is 0.756. The van der Waals surface area contributed by atoms with Crippen molar-refractivity contribution in [3.8, 4) is 0 Å². The van der Waals surface area contributed by atoms with Crippen LogP contribution >= 0.6 is 0 Å². The summed E-state index contributed by atoms with van der Waals surface area (Å²) in [6.07, 6.45) is 2.53. The number of carbonyl (C=O) groups excluding carboxylic acids is 1. The van der Waals surface area contributed by atoms with E-state index in [2.05, 4.69) is 10.3 Å². The van der Waals surface area contributed by atoms with E-state index in [9.17, 15) is 9.59 Å². The molecule has 0 atom stereocenters. The highest BCUT2D eigenvalue weighted by Crippen LogP contribution is 2.20. The Morgan fingerprint density at radius 3 is 2.63 bits per heavy atom. The smallest absolute Gasteiger partial charge is 0.358 e. The molecule has 19 heavy (non-hydrogen) atoms. The maximum Gasteiger partial charge on any atom is 0.358 e. The van der Waals surface area contributed by atoms with Crippen LogP contribution in [0.4, 0.5) is 0 Å². The van der Waals surface area contributed by atoms with Gasteiger partial charge in [-0.2, -0.15) is 0 Å². The van der Waals surface area contributed by atoms with Gasteiger partial charge in [0.2, 0.25) is 5.91 Å². The molecule has 0 aliphatic carbocycles. The molecular formula is C11H15N5O3. The Kier molecular flexibility index (Phi) is 2.94. The van der Waals surface area contributed by atoms with Gasteiger partial charge in [0.05, 0.1) is 18.8 Å². The lowest BCUT2D eigenvalue weighted by Gasteiger charge is -2.40. The average Bonchev–Trinajstić information content (AvgIpc) is 2.68. The standard InChI is InChI=1S/C11H15N5O3/c17-10(15-2-1-3-15)7-14-4-8(5-14)16-6-9(11(18)19)12-13-16/h6,8H,1-5,7H2,(H,18,19). The van der Waals surface area contributed by atoms with Gasteiger partial charge in [-0.15, -0.1) is 5.10 Å². The zero-order valence-corrected chi connectivity index (χ0v) is 10.4. The fourth-order valence-corrected chi connectivity index (χ4v) is 2.25. The third-order valence-corrected chi connectivity index (χ3v) is 3.61. The molecule has 1 N–H and O–H groups in total. The van der Waals surface area contributed by atoms with Gasteiger partial charge in [0, 0.05) is 26.2 Å². The minimum atomic E-state index is -1.07. The van der Waals surface area contributed by atoms with E-state index in [4.69, 9.17) is 5.11 Å². The summed E-state index contributed by atoms with van der Waals surface area (Å²) in [6, 6.07) is 0.116. The predicted molar refractivity (Wildman–Crippen MR) is 63.7 cm³/mol. The maximum atomic E-state index is 11.7. The van der Waals surface area contributed by atoms with Crippen LogP contribution in [-0.4, -0.2) is 74.5 Å². The molecule has 0 unspecified atom stereocenters. The first-order valence-corrected chi connectivity index (χ1v) is 6.29. The van der Waals surface area contributed by atoms with Gasteiger partial charge in [0.1, 0.15) is 0 Å². The Morgan fingerprint density at radius 2 is 2.11 bits per heavy atom. The number of carboxylic acid groups (broad SMARTS) is 1. The van der Waals surface area contributed by atoms with Crippen molar-refractivity contribution in [3.63, 3.8) is 0 Å². The Hall–Kier alpha value is -1.96. The van der Waals surface area contributed by atoms with Crippen molar-refractivity contribution in [1.29, 1.82) is 0 Å². The number of aromatic carboxylic acids is 1. The van der Waals surface area contributed by atoms with Crippen molar-refractivity contribution < 1.29 is 14.7 Å². The first-order valence-electron chi connectivity index (χ1n) is 6.29. The molecule has 8 nitrogen and oxygen atoms in total. The number of hydrogen-bond donors (Lipinski definition) is 1. The van der Waals surface area contributed by atoms with Gasteiger partial charge in [0.15, 0.2) is 5.69 Å². The van der Waals surface area contributed by atoms with Crippen LogP contribution in [0.25, 0.3) is 0 Å². The number of aromatic nitrogens is 3. The van der Waals surface area contributed by atoms with Gasteiger partial charge in [0.25, 0.3) is 0 Å². The highest BCUT2D eigenvalue weighted by atomic mass is 16.4. The molecule has 8 heteroatoms. The van der Waals surface area contributed by atoms with Gasteiger partial charge in [-0.3, -0.25) is 9.69 Å². The molecule has 102 valence electrons. The second-order valence-electron chi connectivity index (χ2n) is 4.97. The first-order chi connectivity index (χ1) is 9.13. The lowest BCUT2D eigenvalue weighted by atomic mass is 10.1. The SMILES string of the molecule is O=C(O)c1cn(C2CN(CC(=O)N3CCC3)C2)nn1. The van der Waals surface area contributed by atoms with Crippen molar-refractivity contribution in [2.45, 2.75) is 12.5 Å². The summed E-state index contributed by atoms with van der Waals surface area (Å²) in [6.45, 7) is 3.61. The van der Waals surface area contributed by atoms with E-state index in [0.29, 0.717) is 19.6 Å². The van der Waals surface area contributed by atoms with Gasteiger partial charge in [-0.25, -0.2) is 9.48 Å². The van der Waals surface area contributed by atoms with Crippen molar-refractivity contribution in [2.75, 3.05) is 32.7 Å². The molecule has 2 fully saturated rings. The molecule has 1 aromatic rings. The average molecular weight is 265 g/mol. The summed E-state index contributed by atoms with van der Waals surface area (Å²) in [5.74, 6) is -0.898. The van der Waals surface area contributed by atoms with E-state index >= 15 is 0 Å². The van der Waals surface area contributed by atoms with Crippen LogP contribution < -0.4 is 0 Å². The van der Waals surface area contributed by atoms with E-state index < -0.39 is 5.97 Å². The molecule has 1 aromatic heterocycles. The van der Waals surface area contributed by atoms with Crippen molar-refractivity contribution in [3.05, 3.63) is 11.9 Å². The lowest BCUT2D eigenvalue weighted by Crippen LogP contribution is -2.54. The second kappa shape index (κ2) is 4.61. The van der Waals surface area contributed by atoms with E-state index in [1.165, 1.54) is 6.20 Å². The molecule has 0 spiro atoms. The monoisotopic (exact) mass is 265 g/mol. The maximum absolute atomic E-state index is 11.7. The van der Waals surface area contributed by atoms with Crippen LogP contribution in [-0.2, 0) is 4.79 Å². The highest BCUT2D eigenvalue weighted by molar-refractivity contribution is 5.84. The zero-order valence-electron chi connectivity index (χ0n) is 10.4. The summed E-state index contributed by atoms with van der Waals surface area (Å²) in [4.78, 5) is 26.3. The number of carbonyl (C=O) groups is 2. The van der Waals surface area contributed by atoms with E-state index in [1.807, 2.05) is 9.80 Å².